The highest BCUT2D eigenvalue weighted by molar-refractivity contribution is 5.93. The zero-order chi connectivity index (χ0) is 17.7. The minimum atomic E-state index is -0.649. The number of carbonyl (C=O) groups is 2. The second kappa shape index (κ2) is 7.40. The molecule has 0 spiro atoms. The van der Waals surface area contributed by atoms with Crippen molar-refractivity contribution >= 4 is 23.2 Å². The van der Waals surface area contributed by atoms with Gasteiger partial charge in [0.25, 0.3) is 5.56 Å². The summed E-state index contributed by atoms with van der Waals surface area (Å²) in [5.41, 5.74) is -0.0105. The number of benzene rings is 1. The van der Waals surface area contributed by atoms with E-state index in [1.165, 1.54) is 12.3 Å². The minimum Gasteiger partial charge on any atom is -0.326 e. The van der Waals surface area contributed by atoms with Crippen molar-refractivity contribution in [1.82, 2.24) is 9.55 Å². The molecule has 3 N–H and O–H groups in total. The normalized spacial score (nSPS) is 10.5. The lowest BCUT2D eigenvalue weighted by molar-refractivity contribution is -0.119. The number of hydrogen-bond donors (Lipinski definition) is 3. The number of aromatic amines is 1. The van der Waals surface area contributed by atoms with E-state index in [-0.39, 0.29) is 18.4 Å². The Morgan fingerprint density at radius 3 is 2.17 bits per heavy atom. The number of hydrogen-bond acceptors (Lipinski definition) is 4. The summed E-state index contributed by atoms with van der Waals surface area (Å²) in [7, 11) is 0. The molecule has 0 fully saturated rings. The smallest absolute Gasteiger partial charge is 0.326 e. The zero-order valence-electron chi connectivity index (χ0n) is 13.3. The number of rotatable bonds is 5. The molecule has 2 rings (SSSR count). The van der Waals surface area contributed by atoms with Gasteiger partial charge in [0.1, 0.15) is 6.54 Å². The first-order chi connectivity index (χ1) is 11.3. The average Bonchev–Trinajstić information content (AvgIpc) is 2.52. The molecule has 1 aromatic carbocycles. The van der Waals surface area contributed by atoms with Gasteiger partial charge in [-0.05, 0) is 24.3 Å². The first kappa shape index (κ1) is 17.2. The largest absolute Gasteiger partial charge is 0.328 e. The molecule has 0 radical (unpaired) electrons. The van der Waals surface area contributed by atoms with Crippen molar-refractivity contribution in [3.05, 3.63) is 57.4 Å². The molecule has 2 aromatic rings. The van der Waals surface area contributed by atoms with Gasteiger partial charge >= 0.3 is 5.69 Å². The quantitative estimate of drug-likeness (QED) is 0.751. The van der Waals surface area contributed by atoms with Crippen molar-refractivity contribution in [3.8, 4) is 0 Å². The van der Waals surface area contributed by atoms with Gasteiger partial charge in [0.05, 0.1) is 0 Å². The van der Waals surface area contributed by atoms with Crippen molar-refractivity contribution in [2.24, 2.45) is 5.92 Å². The average molecular weight is 330 g/mol. The number of H-pyrrole nitrogens is 1. The van der Waals surface area contributed by atoms with Gasteiger partial charge in [-0.15, -0.1) is 0 Å². The van der Waals surface area contributed by atoms with Crippen molar-refractivity contribution in [2.75, 3.05) is 10.6 Å². The molecule has 8 heteroatoms. The van der Waals surface area contributed by atoms with Crippen LogP contribution in [0, 0.1) is 5.92 Å². The fraction of sp³-hybridized carbons (Fsp3) is 0.250. The van der Waals surface area contributed by atoms with E-state index in [2.05, 4.69) is 15.6 Å². The second-order valence-corrected chi connectivity index (χ2v) is 5.51. The summed E-state index contributed by atoms with van der Waals surface area (Å²) in [6.45, 7) is 3.37. The lowest BCUT2D eigenvalue weighted by Gasteiger charge is -2.10. The van der Waals surface area contributed by atoms with Crippen LogP contribution in [0.1, 0.15) is 13.8 Å². The van der Waals surface area contributed by atoms with Crippen LogP contribution in [0.5, 0.6) is 0 Å². The van der Waals surface area contributed by atoms with Crippen molar-refractivity contribution in [2.45, 2.75) is 20.4 Å². The molecule has 0 unspecified atom stereocenters. The fourth-order valence-electron chi connectivity index (χ4n) is 1.85. The van der Waals surface area contributed by atoms with E-state index < -0.39 is 17.2 Å². The van der Waals surface area contributed by atoms with E-state index in [1.807, 2.05) is 0 Å². The Hall–Kier alpha value is -3.16. The van der Waals surface area contributed by atoms with E-state index in [0.29, 0.717) is 11.4 Å². The second-order valence-electron chi connectivity index (χ2n) is 5.51. The summed E-state index contributed by atoms with van der Waals surface area (Å²) in [5.74, 6) is -0.632. The Labute approximate surface area is 137 Å². The maximum atomic E-state index is 11.9. The Balaban J connectivity index is 1.98. The van der Waals surface area contributed by atoms with Gasteiger partial charge in [-0.2, -0.15) is 0 Å². The van der Waals surface area contributed by atoms with Crippen LogP contribution in [-0.4, -0.2) is 21.4 Å². The molecule has 0 atom stereocenters. The monoisotopic (exact) mass is 330 g/mol. The zero-order valence-corrected chi connectivity index (χ0v) is 13.3. The van der Waals surface area contributed by atoms with Gasteiger partial charge < -0.3 is 10.6 Å². The van der Waals surface area contributed by atoms with Gasteiger partial charge in [0.2, 0.25) is 11.8 Å². The van der Waals surface area contributed by atoms with Gasteiger partial charge in [-0.1, -0.05) is 13.8 Å². The molecule has 0 saturated carbocycles. The Kier molecular flexibility index (Phi) is 5.31. The number of nitrogens with zero attached hydrogens (tertiary/aromatic N) is 1. The lowest BCUT2D eigenvalue weighted by atomic mass is 10.2. The van der Waals surface area contributed by atoms with Crippen LogP contribution < -0.4 is 21.9 Å². The highest BCUT2D eigenvalue weighted by Gasteiger charge is 2.08. The summed E-state index contributed by atoms with van der Waals surface area (Å²) in [4.78, 5) is 48.1. The molecular formula is C16H18N4O4. The fourth-order valence-corrected chi connectivity index (χ4v) is 1.85. The first-order valence-corrected chi connectivity index (χ1v) is 7.35. The molecule has 2 amide bonds. The standard InChI is InChI=1S/C16H18N4O4/c1-10(2)15(23)18-12-5-3-11(4-6-12)17-14(22)9-20-8-7-13(21)19-16(20)24/h3-8,10H,9H2,1-2H3,(H,17,22)(H,18,23)(H,19,21,24). The van der Waals surface area contributed by atoms with Crippen LogP contribution in [-0.2, 0) is 16.1 Å². The number of amides is 2. The van der Waals surface area contributed by atoms with Gasteiger partial charge in [-0.25, -0.2) is 4.79 Å². The summed E-state index contributed by atoms with van der Waals surface area (Å²) < 4.78 is 1.09. The predicted octanol–water partition coefficient (Wildman–Crippen LogP) is 0.770. The highest BCUT2D eigenvalue weighted by atomic mass is 16.2. The number of anilines is 2. The van der Waals surface area contributed by atoms with Crippen molar-refractivity contribution < 1.29 is 9.59 Å². The molecule has 126 valence electrons. The van der Waals surface area contributed by atoms with E-state index in [0.717, 1.165) is 4.57 Å². The van der Waals surface area contributed by atoms with Crippen LogP contribution in [0.2, 0.25) is 0 Å². The van der Waals surface area contributed by atoms with Crippen molar-refractivity contribution in [3.63, 3.8) is 0 Å². The Bertz CT molecular complexity index is 849. The third kappa shape index (κ3) is 4.67. The lowest BCUT2D eigenvalue weighted by Crippen LogP contribution is -2.32. The van der Waals surface area contributed by atoms with E-state index in [1.54, 1.807) is 38.1 Å². The van der Waals surface area contributed by atoms with Gasteiger partial charge in [-0.3, -0.25) is 23.9 Å². The van der Waals surface area contributed by atoms with Gasteiger partial charge in [0.15, 0.2) is 0 Å². The summed E-state index contributed by atoms with van der Waals surface area (Å²) >= 11 is 0. The maximum Gasteiger partial charge on any atom is 0.328 e. The van der Waals surface area contributed by atoms with Crippen LogP contribution in [0.15, 0.2) is 46.1 Å². The molecule has 1 heterocycles. The van der Waals surface area contributed by atoms with E-state index >= 15 is 0 Å². The number of nitrogens with one attached hydrogen (secondary N) is 3. The Morgan fingerprint density at radius 1 is 1.04 bits per heavy atom. The Morgan fingerprint density at radius 2 is 1.62 bits per heavy atom. The van der Waals surface area contributed by atoms with Crippen LogP contribution in [0.25, 0.3) is 0 Å². The van der Waals surface area contributed by atoms with Crippen molar-refractivity contribution in [1.29, 1.82) is 0 Å². The molecule has 0 aliphatic carbocycles. The molecule has 24 heavy (non-hydrogen) atoms. The molecule has 1 aromatic heterocycles. The van der Waals surface area contributed by atoms with E-state index in [9.17, 15) is 19.2 Å². The number of carbonyl (C=O) groups excluding carboxylic acids is 2. The molecule has 0 aliphatic rings. The van der Waals surface area contributed by atoms with Crippen LogP contribution in [0.4, 0.5) is 11.4 Å². The summed E-state index contributed by atoms with van der Waals surface area (Å²) in [6.07, 6.45) is 1.26. The SMILES string of the molecule is CC(C)C(=O)Nc1ccc(NC(=O)Cn2ccc(=O)[nH]c2=O)cc1. The van der Waals surface area contributed by atoms with Crippen LogP contribution in [0.3, 0.4) is 0 Å². The van der Waals surface area contributed by atoms with E-state index in [4.69, 9.17) is 0 Å². The predicted molar refractivity (Wildman–Crippen MR) is 89.9 cm³/mol. The highest BCUT2D eigenvalue weighted by Crippen LogP contribution is 2.14. The molecule has 0 saturated heterocycles. The molecule has 8 nitrogen and oxygen atoms in total. The minimum absolute atomic E-state index is 0.0933. The molecule has 0 aliphatic heterocycles. The third-order valence-corrected chi connectivity index (χ3v) is 3.17. The third-order valence-electron chi connectivity index (χ3n) is 3.17. The summed E-state index contributed by atoms with van der Waals surface area (Å²) in [6, 6.07) is 7.79. The first-order valence-electron chi connectivity index (χ1n) is 7.35. The van der Waals surface area contributed by atoms with Crippen LogP contribution >= 0.6 is 0 Å². The maximum absolute atomic E-state index is 11.9. The van der Waals surface area contributed by atoms with Gasteiger partial charge in [0, 0.05) is 29.6 Å². The number of aromatic nitrogens is 2. The summed E-state index contributed by atoms with van der Waals surface area (Å²) in [5, 5.41) is 5.38. The molecule has 0 bridgehead atoms. The molecular weight excluding hydrogens is 312 g/mol. The topological polar surface area (TPSA) is 113 Å².